The van der Waals surface area contributed by atoms with Gasteiger partial charge in [0.15, 0.2) is 6.10 Å². The summed E-state index contributed by atoms with van der Waals surface area (Å²) in [5.74, 6) is 0. The Morgan fingerprint density at radius 2 is 1.14 bits per heavy atom. The van der Waals surface area contributed by atoms with E-state index >= 15 is 0 Å². The second-order valence-electron chi connectivity index (χ2n) is 7.58. The molecule has 0 saturated heterocycles. The zero-order valence-electron chi connectivity index (χ0n) is 17.8. The van der Waals surface area contributed by atoms with E-state index in [1.54, 1.807) is 6.92 Å². The topological polar surface area (TPSA) is 105 Å². The van der Waals surface area contributed by atoms with E-state index in [-0.39, 0.29) is 6.42 Å². The van der Waals surface area contributed by atoms with Gasteiger partial charge in [0, 0.05) is 11.3 Å². The molecular weight excluding hydrogens is 364 g/mol. The van der Waals surface area contributed by atoms with Crippen molar-refractivity contribution >= 4 is 0 Å². The van der Waals surface area contributed by atoms with E-state index in [2.05, 4.69) is 16.8 Å². The summed E-state index contributed by atoms with van der Waals surface area (Å²) in [6.45, 7) is 3.93. The van der Waals surface area contributed by atoms with Crippen molar-refractivity contribution in [3.8, 4) is 0 Å². The molecule has 2 atom stereocenters. The van der Waals surface area contributed by atoms with Gasteiger partial charge in [-0.3, -0.25) is 10.1 Å². The second kappa shape index (κ2) is 18.9. The van der Waals surface area contributed by atoms with Crippen LogP contribution in [0.3, 0.4) is 0 Å². The first kappa shape index (κ1) is 26.6. The Balaban J connectivity index is 3.65. The summed E-state index contributed by atoms with van der Waals surface area (Å²) >= 11 is 0. The molecule has 0 saturated carbocycles. The highest BCUT2D eigenvalue weighted by Crippen LogP contribution is 2.17. The predicted octanol–water partition coefficient (Wildman–Crippen LogP) is 6.42. The molecule has 0 fully saturated rings. The summed E-state index contributed by atoms with van der Waals surface area (Å²) in [6.07, 6.45) is 16.9. The molecular formula is C20H40N2O6. The number of unbranched alkanes of at least 4 members (excludes halogenated alkanes) is 13. The van der Waals surface area contributed by atoms with Gasteiger partial charge in [0.25, 0.3) is 0 Å². The molecule has 8 heteroatoms. The maximum Gasteiger partial charge on any atom is 0.322 e. The lowest BCUT2D eigenvalue weighted by molar-refractivity contribution is -0.857. The fourth-order valence-corrected chi connectivity index (χ4v) is 3.47. The summed E-state index contributed by atoms with van der Waals surface area (Å²) in [6, 6.07) is -0.970. The minimum atomic E-state index is -1.09. The fourth-order valence-electron chi connectivity index (χ4n) is 3.47. The van der Waals surface area contributed by atoms with Gasteiger partial charge < -0.3 is 0 Å². The van der Waals surface area contributed by atoms with Gasteiger partial charge in [-0.15, -0.1) is 15.1 Å². The van der Waals surface area contributed by atoms with Gasteiger partial charge in [-0.2, -0.15) is 4.89 Å². The molecule has 166 valence electrons. The zero-order valence-corrected chi connectivity index (χ0v) is 17.8. The first-order valence-corrected chi connectivity index (χ1v) is 11.1. The predicted molar refractivity (Wildman–Crippen MR) is 109 cm³/mol. The molecule has 0 aliphatic heterocycles. The Kier molecular flexibility index (Phi) is 17.9. The van der Waals surface area contributed by atoms with Crippen LogP contribution < -0.4 is 0 Å². The minimum Gasteiger partial charge on any atom is -0.264 e. The van der Waals surface area contributed by atoms with Crippen molar-refractivity contribution in [2.75, 3.05) is 0 Å². The standard InChI is InChI=1S/C20H40N2O6/c1-3-5-6-7-8-9-10-11-12-13-14-15-16-17-18-19(21(23)24)20(4-2)27-28-22(25)26/h19-20H,3-18H2,1-2H3. The average Bonchev–Trinajstić information content (AvgIpc) is 2.66. The van der Waals surface area contributed by atoms with Crippen molar-refractivity contribution in [1.29, 1.82) is 0 Å². The second-order valence-corrected chi connectivity index (χ2v) is 7.58. The van der Waals surface area contributed by atoms with Crippen LogP contribution in [-0.2, 0) is 9.88 Å². The van der Waals surface area contributed by atoms with E-state index in [4.69, 9.17) is 0 Å². The van der Waals surface area contributed by atoms with Crippen LogP contribution in [0, 0.1) is 20.2 Å². The number of hydrogen-bond donors (Lipinski definition) is 0. The van der Waals surface area contributed by atoms with Crippen LogP contribution in [0.1, 0.15) is 117 Å². The highest BCUT2D eigenvalue weighted by Gasteiger charge is 2.32. The molecule has 0 aliphatic carbocycles. The van der Waals surface area contributed by atoms with E-state index in [0.717, 1.165) is 25.7 Å². The summed E-state index contributed by atoms with van der Waals surface area (Å²) in [7, 11) is 0. The molecule has 0 aliphatic rings. The average molecular weight is 405 g/mol. The molecule has 0 N–H and O–H groups in total. The van der Waals surface area contributed by atoms with Crippen LogP contribution in [0.25, 0.3) is 0 Å². The van der Waals surface area contributed by atoms with Gasteiger partial charge in [0.1, 0.15) is 0 Å². The van der Waals surface area contributed by atoms with E-state index in [9.17, 15) is 20.2 Å². The van der Waals surface area contributed by atoms with Crippen molar-refractivity contribution in [2.24, 2.45) is 0 Å². The fraction of sp³-hybridized carbons (Fsp3) is 1.00. The Morgan fingerprint density at radius 1 is 0.714 bits per heavy atom. The van der Waals surface area contributed by atoms with Crippen molar-refractivity contribution in [1.82, 2.24) is 0 Å². The Hall–Kier alpha value is -1.44. The highest BCUT2D eigenvalue weighted by molar-refractivity contribution is 4.67. The third kappa shape index (κ3) is 15.6. The molecule has 8 nitrogen and oxygen atoms in total. The monoisotopic (exact) mass is 404 g/mol. The van der Waals surface area contributed by atoms with Crippen molar-refractivity contribution in [2.45, 2.75) is 129 Å². The summed E-state index contributed by atoms with van der Waals surface area (Å²) in [5.41, 5.74) is 0. The minimum absolute atomic E-state index is 0.290. The Bertz CT molecular complexity index is 395. The van der Waals surface area contributed by atoms with Crippen LogP contribution in [0.4, 0.5) is 0 Å². The largest absolute Gasteiger partial charge is 0.322 e. The van der Waals surface area contributed by atoms with Gasteiger partial charge in [-0.05, 0) is 12.8 Å². The third-order valence-electron chi connectivity index (χ3n) is 5.18. The molecule has 0 amide bonds. The number of nitrogens with zero attached hydrogens (tertiary/aromatic N) is 2. The first-order chi connectivity index (χ1) is 13.5. The van der Waals surface area contributed by atoms with Gasteiger partial charge in [-0.1, -0.05) is 97.3 Å². The Morgan fingerprint density at radius 3 is 1.50 bits per heavy atom. The quantitative estimate of drug-likeness (QED) is 0.0945. The zero-order chi connectivity index (χ0) is 21.0. The molecule has 0 aromatic carbocycles. The number of rotatable bonds is 21. The smallest absolute Gasteiger partial charge is 0.264 e. The number of hydrogen-bond acceptors (Lipinski definition) is 6. The summed E-state index contributed by atoms with van der Waals surface area (Å²) in [4.78, 5) is 29.5. The van der Waals surface area contributed by atoms with Crippen molar-refractivity contribution < 1.29 is 19.9 Å². The lowest BCUT2D eigenvalue weighted by Gasteiger charge is -2.17. The molecule has 2 unspecified atom stereocenters. The third-order valence-corrected chi connectivity index (χ3v) is 5.18. The number of nitro groups is 1. The van der Waals surface area contributed by atoms with Gasteiger partial charge in [0.05, 0.1) is 0 Å². The molecule has 0 heterocycles. The van der Waals surface area contributed by atoms with E-state index in [1.807, 2.05) is 0 Å². The van der Waals surface area contributed by atoms with E-state index in [0.29, 0.717) is 6.42 Å². The van der Waals surface area contributed by atoms with Crippen LogP contribution in [0.15, 0.2) is 0 Å². The van der Waals surface area contributed by atoms with E-state index < -0.39 is 22.2 Å². The van der Waals surface area contributed by atoms with Crippen LogP contribution in [0.5, 0.6) is 0 Å². The van der Waals surface area contributed by atoms with Gasteiger partial charge in [-0.25, -0.2) is 0 Å². The lowest BCUT2D eigenvalue weighted by Crippen LogP contribution is -2.36. The maximum absolute atomic E-state index is 11.2. The van der Waals surface area contributed by atoms with Crippen molar-refractivity contribution in [3.05, 3.63) is 20.2 Å². The molecule has 0 aromatic rings. The lowest BCUT2D eigenvalue weighted by atomic mass is 10.0. The molecule has 0 aromatic heterocycles. The normalized spacial score (nSPS) is 13.2. The molecule has 0 radical (unpaired) electrons. The van der Waals surface area contributed by atoms with Crippen LogP contribution >= 0.6 is 0 Å². The summed E-state index contributed by atoms with van der Waals surface area (Å²) < 4.78 is 0. The van der Waals surface area contributed by atoms with E-state index in [1.165, 1.54) is 64.2 Å². The summed E-state index contributed by atoms with van der Waals surface area (Å²) in [5, 5.41) is 20.3. The first-order valence-electron chi connectivity index (χ1n) is 11.1. The molecule has 0 spiro atoms. The molecule has 0 rings (SSSR count). The van der Waals surface area contributed by atoms with Crippen molar-refractivity contribution in [3.63, 3.8) is 0 Å². The molecule has 0 bridgehead atoms. The van der Waals surface area contributed by atoms with Crippen LogP contribution in [0.2, 0.25) is 0 Å². The van der Waals surface area contributed by atoms with Gasteiger partial charge in [0.2, 0.25) is 6.04 Å². The SMILES string of the molecule is CCCCCCCCCCCCCCCCC(C(CC)OO[N+](=O)[O-])[N+](=O)[O-]. The highest BCUT2D eigenvalue weighted by atomic mass is 17.3. The van der Waals surface area contributed by atoms with Crippen LogP contribution in [-0.4, -0.2) is 22.2 Å². The Labute approximate surface area is 169 Å². The molecule has 28 heavy (non-hydrogen) atoms. The maximum atomic E-state index is 11.2. The van der Waals surface area contributed by atoms with Gasteiger partial charge >= 0.3 is 5.09 Å².